The summed E-state index contributed by atoms with van der Waals surface area (Å²) in [5.74, 6) is -0.497. The lowest BCUT2D eigenvalue weighted by atomic mass is 10.2. The number of alkyl halides is 3. The summed E-state index contributed by atoms with van der Waals surface area (Å²) in [6.07, 6.45) is -2.87. The fourth-order valence-corrected chi connectivity index (χ4v) is 4.09. The van der Waals surface area contributed by atoms with Gasteiger partial charge in [-0.3, -0.25) is 15.1 Å². The van der Waals surface area contributed by atoms with E-state index in [9.17, 15) is 26.4 Å². The molecule has 1 aromatic carbocycles. The van der Waals surface area contributed by atoms with Crippen molar-refractivity contribution in [1.29, 1.82) is 0 Å². The Morgan fingerprint density at radius 2 is 1.87 bits per heavy atom. The predicted molar refractivity (Wildman–Crippen MR) is 99.6 cm³/mol. The molecule has 2 heterocycles. The van der Waals surface area contributed by atoms with E-state index in [1.54, 1.807) is 18.2 Å². The SMILES string of the molecule is O=c1cccc(CONC2=CCN(S(=O)(=O)c3ccc(OC(F)(F)F)cc3)CC2)[nH]1. The van der Waals surface area contributed by atoms with Gasteiger partial charge in [0.2, 0.25) is 15.6 Å². The summed E-state index contributed by atoms with van der Waals surface area (Å²) >= 11 is 0. The van der Waals surface area contributed by atoms with Gasteiger partial charge in [-0.2, -0.15) is 4.31 Å². The second kappa shape index (κ2) is 8.90. The highest BCUT2D eigenvalue weighted by Gasteiger charge is 2.31. The third-order valence-corrected chi connectivity index (χ3v) is 6.01. The zero-order chi connectivity index (χ0) is 21.8. The molecular weight excluding hydrogens is 427 g/mol. The second-order valence-electron chi connectivity index (χ2n) is 6.29. The van der Waals surface area contributed by atoms with Crippen molar-refractivity contribution in [3.8, 4) is 5.75 Å². The fraction of sp³-hybridized carbons (Fsp3) is 0.278. The molecule has 1 aliphatic rings. The van der Waals surface area contributed by atoms with Gasteiger partial charge in [0.15, 0.2) is 0 Å². The zero-order valence-electron chi connectivity index (χ0n) is 15.5. The Morgan fingerprint density at radius 1 is 1.13 bits per heavy atom. The minimum Gasteiger partial charge on any atom is -0.406 e. The lowest BCUT2D eigenvalue weighted by molar-refractivity contribution is -0.274. The van der Waals surface area contributed by atoms with Crippen molar-refractivity contribution in [3.63, 3.8) is 0 Å². The van der Waals surface area contributed by atoms with Crippen molar-refractivity contribution < 1.29 is 31.2 Å². The van der Waals surface area contributed by atoms with Crippen molar-refractivity contribution in [3.05, 3.63) is 70.3 Å². The highest BCUT2D eigenvalue weighted by molar-refractivity contribution is 7.89. The number of H-pyrrole nitrogens is 1. The molecule has 2 N–H and O–H groups in total. The van der Waals surface area contributed by atoms with Gasteiger partial charge in [0.05, 0.1) is 4.90 Å². The first-order valence-corrected chi connectivity index (χ1v) is 10.2. The van der Waals surface area contributed by atoms with Gasteiger partial charge in [-0.1, -0.05) is 6.07 Å². The molecule has 0 saturated heterocycles. The summed E-state index contributed by atoms with van der Waals surface area (Å²) in [4.78, 5) is 19.0. The van der Waals surface area contributed by atoms with Gasteiger partial charge in [-0.05, 0) is 36.4 Å². The number of hydrogen-bond donors (Lipinski definition) is 2. The number of hydroxylamine groups is 1. The van der Waals surface area contributed by atoms with E-state index in [0.29, 0.717) is 17.8 Å². The number of nitrogens with zero attached hydrogens (tertiary/aromatic N) is 1. The number of rotatable bonds is 7. The van der Waals surface area contributed by atoms with Gasteiger partial charge in [0, 0.05) is 37.0 Å². The van der Waals surface area contributed by atoms with Crippen LogP contribution in [0.25, 0.3) is 0 Å². The molecular formula is C18H18F3N3O5S. The molecule has 0 fully saturated rings. The largest absolute Gasteiger partial charge is 0.573 e. The molecule has 0 saturated carbocycles. The fourth-order valence-electron chi connectivity index (χ4n) is 2.71. The lowest BCUT2D eigenvalue weighted by Gasteiger charge is -2.26. The standard InChI is InChI=1S/C18H18F3N3O5S/c19-18(20,21)29-15-4-6-16(7-5-15)30(26,27)24-10-8-13(9-11-24)23-28-12-14-2-1-3-17(25)22-14/h1-8,23H,9-12H2,(H,22,25). The minimum atomic E-state index is -4.85. The van der Waals surface area contributed by atoms with E-state index in [2.05, 4.69) is 15.2 Å². The molecule has 0 bridgehead atoms. The van der Waals surface area contributed by atoms with E-state index in [1.165, 1.54) is 10.4 Å². The van der Waals surface area contributed by atoms with E-state index >= 15 is 0 Å². The first-order valence-electron chi connectivity index (χ1n) is 8.74. The monoisotopic (exact) mass is 445 g/mol. The quantitative estimate of drug-likeness (QED) is 0.635. The predicted octanol–water partition coefficient (Wildman–Crippen LogP) is 2.27. The Morgan fingerprint density at radius 3 is 2.47 bits per heavy atom. The Kier molecular flexibility index (Phi) is 6.48. The Labute approximate surface area is 169 Å². The number of benzene rings is 1. The van der Waals surface area contributed by atoms with Gasteiger partial charge < -0.3 is 9.72 Å². The van der Waals surface area contributed by atoms with Gasteiger partial charge in [-0.15, -0.1) is 13.2 Å². The number of aromatic nitrogens is 1. The van der Waals surface area contributed by atoms with E-state index in [-0.39, 0.29) is 30.2 Å². The summed E-state index contributed by atoms with van der Waals surface area (Å²) in [5, 5.41) is 0. The number of aromatic amines is 1. The third kappa shape index (κ3) is 5.84. The van der Waals surface area contributed by atoms with E-state index in [4.69, 9.17) is 4.84 Å². The van der Waals surface area contributed by atoms with Crippen LogP contribution in [0, 0.1) is 0 Å². The number of pyridine rings is 1. The molecule has 1 aromatic heterocycles. The van der Waals surface area contributed by atoms with E-state index in [1.807, 2.05) is 0 Å². The van der Waals surface area contributed by atoms with Crippen LogP contribution in [0.5, 0.6) is 5.75 Å². The molecule has 2 aromatic rings. The number of ether oxygens (including phenoxy) is 1. The maximum atomic E-state index is 12.7. The van der Waals surface area contributed by atoms with Crippen LogP contribution in [-0.4, -0.2) is 37.2 Å². The molecule has 0 radical (unpaired) electrons. The number of sulfonamides is 1. The summed E-state index contributed by atoms with van der Waals surface area (Å²) in [7, 11) is -3.87. The highest BCUT2D eigenvalue weighted by atomic mass is 32.2. The maximum Gasteiger partial charge on any atom is 0.573 e. The first-order chi connectivity index (χ1) is 14.1. The maximum absolute atomic E-state index is 12.7. The zero-order valence-corrected chi connectivity index (χ0v) is 16.3. The average Bonchev–Trinajstić information content (AvgIpc) is 2.68. The molecule has 30 heavy (non-hydrogen) atoms. The Balaban J connectivity index is 1.56. The second-order valence-corrected chi connectivity index (χ2v) is 8.23. The van der Waals surface area contributed by atoms with Crippen molar-refractivity contribution in [2.45, 2.75) is 24.3 Å². The lowest BCUT2D eigenvalue weighted by Crippen LogP contribution is -2.36. The van der Waals surface area contributed by atoms with Crippen molar-refractivity contribution in [2.75, 3.05) is 13.1 Å². The van der Waals surface area contributed by atoms with Gasteiger partial charge >= 0.3 is 6.36 Å². The molecule has 0 spiro atoms. The van der Waals surface area contributed by atoms with Crippen LogP contribution < -0.4 is 15.8 Å². The van der Waals surface area contributed by atoms with Gasteiger partial charge in [-0.25, -0.2) is 8.42 Å². The molecule has 0 aliphatic carbocycles. The normalized spacial score (nSPS) is 15.5. The smallest absolute Gasteiger partial charge is 0.406 e. The van der Waals surface area contributed by atoms with Crippen LogP contribution in [0.15, 0.2) is 63.9 Å². The number of halogens is 3. The topological polar surface area (TPSA) is 101 Å². The minimum absolute atomic E-state index is 0.0665. The van der Waals surface area contributed by atoms with Gasteiger partial charge in [0.25, 0.3) is 0 Å². The van der Waals surface area contributed by atoms with Crippen LogP contribution >= 0.6 is 0 Å². The summed E-state index contributed by atoms with van der Waals surface area (Å²) in [5.41, 5.74) is 3.73. The van der Waals surface area contributed by atoms with Crippen LogP contribution in [0.1, 0.15) is 12.1 Å². The molecule has 0 amide bonds. The summed E-state index contributed by atoms with van der Waals surface area (Å²) < 4.78 is 66.9. The van der Waals surface area contributed by atoms with Crippen molar-refractivity contribution in [2.24, 2.45) is 0 Å². The van der Waals surface area contributed by atoms with Crippen LogP contribution in [0.4, 0.5) is 13.2 Å². The van der Waals surface area contributed by atoms with Gasteiger partial charge in [0.1, 0.15) is 12.4 Å². The molecule has 8 nitrogen and oxygen atoms in total. The summed E-state index contributed by atoms with van der Waals surface area (Å²) in [6, 6.07) is 8.71. The first kappa shape index (κ1) is 21.9. The van der Waals surface area contributed by atoms with Crippen molar-refractivity contribution >= 4 is 10.0 Å². The van der Waals surface area contributed by atoms with Crippen molar-refractivity contribution in [1.82, 2.24) is 14.8 Å². The molecule has 0 unspecified atom stereocenters. The molecule has 3 rings (SSSR count). The average molecular weight is 445 g/mol. The van der Waals surface area contributed by atoms with E-state index < -0.39 is 22.1 Å². The van der Waals surface area contributed by atoms with E-state index in [0.717, 1.165) is 24.3 Å². The summed E-state index contributed by atoms with van der Waals surface area (Å²) in [6.45, 7) is 0.340. The number of hydrogen-bond acceptors (Lipinski definition) is 6. The van der Waals surface area contributed by atoms with Crippen LogP contribution in [0.3, 0.4) is 0 Å². The van der Waals surface area contributed by atoms with Crippen LogP contribution in [-0.2, 0) is 21.5 Å². The number of nitrogens with one attached hydrogen (secondary N) is 2. The Bertz CT molecular complexity index is 1070. The van der Waals surface area contributed by atoms with Crippen LogP contribution in [0.2, 0.25) is 0 Å². The molecule has 12 heteroatoms. The molecule has 0 atom stereocenters. The molecule has 1 aliphatic heterocycles. The molecule has 162 valence electrons. The highest BCUT2D eigenvalue weighted by Crippen LogP contribution is 2.26. The third-order valence-electron chi connectivity index (χ3n) is 4.13. The Hall–Kier alpha value is -2.83.